The zero-order chi connectivity index (χ0) is 21.5. The van der Waals surface area contributed by atoms with Gasteiger partial charge < -0.3 is 19.8 Å². The first-order valence-corrected chi connectivity index (χ1v) is 9.12. The summed E-state index contributed by atoms with van der Waals surface area (Å²) in [7, 11) is 1.26. The number of para-hydroxylation sites is 1. The Morgan fingerprint density at radius 3 is 2.57 bits per heavy atom. The maximum atomic E-state index is 12.3. The molecule has 1 atom stereocenters. The Balaban J connectivity index is 1.66. The number of rotatable bonds is 8. The van der Waals surface area contributed by atoms with E-state index in [-0.39, 0.29) is 12.2 Å². The number of benzene rings is 2. The first kappa shape index (κ1) is 21.0. The average molecular weight is 414 g/mol. The Kier molecular flexibility index (Phi) is 6.79. The minimum Gasteiger partial charge on any atom is -0.467 e. The van der Waals surface area contributed by atoms with Gasteiger partial charge >= 0.3 is 12.6 Å². The second kappa shape index (κ2) is 9.69. The minimum absolute atomic E-state index is 0.0242. The lowest BCUT2D eigenvalue weighted by Crippen LogP contribution is -2.42. The number of nitrogens with one attached hydrogen (secondary N) is 2. The summed E-state index contributed by atoms with van der Waals surface area (Å²) in [5, 5.41) is 3.60. The van der Waals surface area contributed by atoms with Gasteiger partial charge in [-0.05, 0) is 35.4 Å². The lowest BCUT2D eigenvalue weighted by Gasteiger charge is -2.15. The molecule has 0 aliphatic heterocycles. The fourth-order valence-electron chi connectivity index (χ4n) is 3.01. The van der Waals surface area contributed by atoms with Gasteiger partial charge in [0.2, 0.25) is 5.91 Å². The van der Waals surface area contributed by atoms with E-state index < -0.39 is 24.5 Å². The van der Waals surface area contributed by atoms with E-state index in [9.17, 15) is 18.4 Å². The van der Waals surface area contributed by atoms with Crippen molar-refractivity contribution >= 4 is 28.9 Å². The maximum Gasteiger partial charge on any atom is 0.387 e. The Labute approximate surface area is 171 Å². The second-order valence-electron chi connectivity index (χ2n) is 6.43. The number of hydrogen-bond donors (Lipinski definition) is 2. The first-order chi connectivity index (χ1) is 14.5. The van der Waals surface area contributed by atoms with E-state index in [2.05, 4.69) is 15.0 Å². The van der Waals surface area contributed by atoms with Crippen molar-refractivity contribution in [3.63, 3.8) is 0 Å². The summed E-state index contributed by atoms with van der Waals surface area (Å²) >= 11 is 0. The fraction of sp³-hybridized carbons (Fsp3) is 0.182. The minimum atomic E-state index is -2.90. The van der Waals surface area contributed by atoms with Crippen LogP contribution in [0.4, 0.5) is 8.78 Å². The molecule has 0 fully saturated rings. The molecule has 3 rings (SSSR count). The normalized spacial score (nSPS) is 12.3. The van der Waals surface area contributed by atoms with Crippen LogP contribution in [0.3, 0.4) is 0 Å². The Morgan fingerprint density at radius 1 is 1.13 bits per heavy atom. The summed E-state index contributed by atoms with van der Waals surface area (Å²) in [4.78, 5) is 27.6. The Hall–Kier alpha value is -3.68. The van der Waals surface area contributed by atoms with Crippen LogP contribution in [0.2, 0.25) is 0 Å². The third-order valence-corrected chi connectivity index (χ3v) is 4.43. The van der Waals surface area contributed by atoms with Crippen molar-refractivity contribution in [1.82, 2.24) is 10.3 Å². The standard InChI is InChI=1S/C22H20F2N2O4/c1-29-21(28)19(12-15-13-25-18-5-3-2-4-17(15)18)26-20(27)11-8-14-6-9-16(10-7-14)30-22(23)24/h2-11,13,19,22,25H,12H2,1H3,(H,26,27)/b11-8+/t19-/m1/s1. The van der Waals surface area contributed by atoms with Crippen LogP contribution in [0.25, 0.3) is 17.0 Å². The monoisotopic (exact) mass is 414 g/mol. The number of carbonyl (C=O) groups is 2. The van der Waals surface area contributed by atoms with Crippen molar-refractivity contribution in [2.24, 2.45) is 0 Å². The Morgan fingerprint density at radius 2 is 1.87 bits per heavy atom. The average Bonchev–Trinajstić information content (AvgIpc) is 3.15. The first-order valence-electron chi connectivity index (χ1n) is 9.12. The van der Waals surface area contributed by atoms with Crippen LogP contribution in [0, 0.1) is 0 Å². The van der Waals surface area contributed by atoms with Crippen molar-refractivity contribution in [3.8, 4) is 5.75 Å². The molecule has 0 aliphatic rings. The molecule has 1 aromatic heterocycles. The summed E-state index contributed by atoms with van der Waals surface area (Å²) in [6.45, 7) is -2.90. The molecule has 0 aliphatic carbocycles. The van der Waals surface area contributed by atoms with Crippen LogP contribution in [-0.2, 0) is 20.7 Å². The number of amides is 1. The van der Waals surface area contributed by atoms with Gasteiger partial charge in [-0.2, -0.15) is 8.78 Å². The highest BCUT2D eigenvalue weighted by molar-refractivity contribution is 5.95. The second-order valence-corrected chi connectivity index (χ2v) is 6.43. The number of methoxy groups -OCH3 is 1. The molecule has 1 heterocycles. The number of aromatic nitrogens is 1. The summed E-state index contributed by atoms with van der Waals surface area (Å²) in [6.07, 6.45) is 4.82. The predicted octanol–water partition coefficient (Wildman–Crippen LogP) is 3.68. The van der Waals surface area contributed by atoms with Gasteiger partial charge in [0.1, 0.15) is 11.8 Å². The van der Waals surface area contributed by atoms with Crippen LogP contribution >= 0.6 is 0 Å². The van der Waals surface area contributed by atoms with Gasteiger partial charge in [0, 0.05) is 29.6 Å². The molecule has 30 heavy (non-hydrogen) atoms. The molecule has 6 nitrogen and oxygen atoms in total. The van der Waals surface area contributed by atoms with Crippen molar-refractivity contribution in [3.05, 3.63) is 71.9 Å². The van der Waals surface area contributed by atoms with Gasteiger partial charge in [-0.3, -0.25) is 4.79 Å². The van der Waals surface area contributed by atoms with E-state index in [0.29, 0.717) is 5.56 Å². The topological polar surface area (TPSA) is 80.4 Å². The highest BCUT2D eigenvalue weighted by atomic mass is 19.3. The number of aromatic amines is 1. The molecule has 156 valence electrons. The van der Waals surface area contributed by atoms with Crippen LogP contribution in [0.15, 0.2) is 60.8 Å². The SMILES string of the molecule is COC(=O)[C@@H](Cc1c[nH]c2ccccc12)NC(=O)/C=C/c1ccc(OC(F)F)cc1. The van der Waals surface area contributed by atoms with Crippen molar-refractivity contribution < 1.29 is 27.8 Å². The van der Waals surface area contributed by atoms with Crippen LogP contribution < -0.4 is 10.1 Å². The highest BCUT2D eigenvalue weighted by Crippen LogP contribution is 2.19. The van der Waals surface area contributed by atoms with Gasteiger partial charge in [0.25, 0.3) is 0 Å². The number of esters is 1. The molecule has 3 aromatic rings. The number of ether oxygens (including phenoxy) is 2. The highest BCUT2D eigenvalue weighted by Gasteiger charge is 2.22. The molecule has 8 heteroatoms. The van der Waals surface area contributed by atoms with Gasteiger partial charge in [-0.25, -0.2) is 4.79 Å². The lowest BCUT2D eigenvalue weighted by atomic mass is 10.0. The molecule has 0 spiro atoms. The number of H-pyrrole nitrogens is 1. The number of fused-ring (bicyclic) bond motifs is 1. The quantitative estimate of drug-likeness (QED) is 0.435. The van der Waals surface area contributed by atoms with Gasteiger partial charge in [0.05, 0.1) is 7.11 Å². The van der Waals surface area contributed by atoms with Gasteiger partial charge in [-0.1, -0.05) is 30.3 Å². The van der Waals surface area contributed by atoms with E-state index >= 15 is 0 Å². The van der Waals surface area contributed by atoms with Gasteiger partial charge in [0.15, 0.2) is 0 Å². The third-order valence-electron chi connectivity index (χ3n) is 4.43. The molecular formula is C22H20F2N2O4. The van der Waals surface area contributed by atoms with E-state index in [0.717, 1.165) is 16.5 Å². The molecule has 0 saturated carbocycles. The molecular weight excluding hydrogens is 394 g/mol. The van der Waals surface area contributed by atoms with Crippen molar-refractivity contribution in [2.75, 3.05) is 7.11 Å². The molecule has 2 N–H and O–H groups in total. The molecule has 2 aromatic carbocycles. The van der Waals surface area contributed by atoms with E-state index in [1.807, 2.05) is 24.3 Å². The van der Waals surface area contributed by atoms with Crippen LogP contribution in [-0.4, -0.2) is 36.6 Å². The number of halogens is 2. The molecule has 0 saturated heterocycles. The molecule has 0 radical (unpaired) electrons. The number of alkyl halides is 2. The summed E-state index contributed by atoms with van der Waals surface area (Å²) in [5.74, 6) is -1.02. The molecule has 1 amide bonds. The number of carbonyl (C=O) groups excluding carboxylic acids is 2. The maximum absolute atomic E-state index is 12.3. The van der Waals surface area contributed by atoms with Crippen LogP contribution in [0.5, 0.6) is 5.75 Å². The van der Waals surface area contributed by atoms with Crippen molar-refractivity contribution in [1.29, 1.82) is 0 Å². The third kappa shape index (κ3) is 5.44. The zero-order valence-electron chi connectivity index (χ0n) is 16.1. The number of hydrogen-bond acceptors (Lipinski definition) is 4. The van der Waals surface area contributed by atoms with Gasteiger partial charge in [-0.15, -0.1) is 0 Å². The van der Waals surface area contributed by atoms with E-state index in [1.54, 1.807) is 6.20 Å². The molecule has 0 bridgehead atoms. The molecule has 0 unspecified atom stereocenters. The lowest BCUT2D eigenvalue weighted by molar-refractivity contribution is -0.144. The largest absolute Gasteiger partial charge is 0.467 e. The Bertz CT molecular complexity index is 1040. The van der Waals surface area contributed by atoms with E-state index in [1.165, 1.54) is 43.5 Å². The zero-order valence-corrected chi connectivity index (χ0v) is 16.1. The summed E-state index contributed by atoms with van der Waals surface area (Å²) in [5.41, 5.74) is 2.42. The summed E-state index contributed by atoms with van der Waals surface area (Å²) < 4.78 is 33.5. The summed E-state index contributed by atoms with van der Waals surface area (Å²) in [6, 6.07) is 12.6. The fourth-order valence-corrected chi connectivity index (χ4v) is 3.01. The smallest absolute Gasteiger partial charge is 0.387 e. The van der Waals surface area contributed by atoms with E-state index in [4.69, 9.17) is 4.74 Å². The predicted molar refractivity (Wildman–Crippen MR) is 108 cm³/mol. The van der Waals surface area contributed by atoms with Crippen LogP contribution in [0.1, 0.15) is 11.1 Å². The van der Waals surface area contributed by atoms with Crippen molar-refractivity contribution in [2.45, 2.75) is 19.1 Å².